The van der Waals surface area contributed by atoms with Crippen LogP contribution in [0.3, 0.4) is 0 Å². The molecule has 0 spiro atoms. The number of hydrogen-bond acceptors (Lipinski definition) is 10. The average Bonchev–Trinajstić information content (AvgIpc) is 3.41. The molecule has 2 N–H and O–H groups in total. The molecule has 170 valence electrons. The lowest BCUT2D eigenvalue weighted by atomic mass is 9.95. The number of benzene rings is 1. The molecule has 1 amide bonds. The number of hydrogen-bond donors (Lipinski definition) is 2. The number of aromatic hydroxyl groups is 1. The molecule has 0 fully saturated rings. The number of aliphatic hydroxyl groups is 1. The first-order chi connectivity index (χ1) is 15.6. The first kappa shape index (κ1) is 22.6. The van der Waals surface area contributed by atoms with Crippen LogP contribution in [0.1, 0.15) is 47.3 Å². The van der Waals surface area contributed by atoms with Crippen molar-refractivity contribution in [3.8, 4) is 5.75 Å². The van der Waals surface area contributed by atoms with E-state index in [4.69, 9.17) is 4.74 Å². The summed E-state index contributed by atoms with van der Waals surface area (Å²) in [4.78, 5) is 49.2. The Bertz CT molecular complexity index is 1320. The summed E-state index contributed by atoms with van der Waals surface area (Å²) in [7, 11) is 1.24. The number of amides is 1. The molecule has 4 rings (SSSR count). The number of anilines is 1. The third-order valence-corrected chi connectivity index (χ3v) is 7.34. The first-order valence-corrected chi connectivity index (χ1v) is 11.4. The van der Waals surface area contributed by atoms with E-state index in [0.717, 1.165) is 11.3 Å². The van der Waals surface area contributed by atoms with Crippen LogP contribution in [0.2, 0.25) is 0 Å². The number of carbonyl (C=O) groups excluding carboxylic acids is 3. The number of carbonyl (C=O) groups is 3. The van der Waals surface area contributed by atoms with Gasteiger partial charge in [-0.1, -0.05) is 23.5 Å². The number of nitrogens with zero attached hydrogens (tertiary/aromatic N) is 3. The zero-order valence-electron chi connectivity index (χ0n) is 18.1. The molecule has 0 saturated heterocycles. The van der Waals surface area contributed by atoms with Crippen molar-refractivity contribution >= 4 is 45.5 Å². The number of phenols is 1. The van der Waals surface area contributed by atoms with Gasteiger partial charge >= 0.3 is 5.97 Å². The summed E-state index contributed by atoms with van der Waals surface area (Å²) in [5, 5.41) is 21.4. The van der Waals surface area contributed by atoms with Gasteiger partial charge < -0.3 is 14.9 Å². The van der Waals surface area contributed by atoms with Crippen LogP contribution in [0, 0.1) is 20.8 Å². The van der Waals surface area contributed by atoms with E-state index in [1.807, 2.05) is 0 Å². The highest BCUT2D eigenvalue weighted by molar-refractivity contribution is 7.17. The van der Waals surface area contributed by atoms with Gasteiger partial charge in [0.05, 0.1) is 40.0 Å². The summed E-state index contributed by atoms with van der Waals surface area (Å²) < 4.78 is 4.78. The molecule has 2 aromatic heterocycles. The Balaban J connectivity index is 1.89. The van der Waals surface area contributed by atoms with Gasteiger partial charge in [-0.3, -0.25) is 14.5 Å². The summed E-state index contributed by atoms with van der Waals surface area (Å²) >= 11 is 2.10. The van der Waals surface area contributed by atoms with Gasteiger partial charge in [-0.2, -0.15) is 0 Å². The third-order valence-electron chi connectivity index (χ3n) is 5.13. The molecule has 1 unspecified atom stereocenters. The number of ether oxygens (including phenoxy) is 1. The Morgan fingerprint density at radius 1 is 1.00 bits per heavy atom. The minimum Gasteiger partial charge on any atom is -0.508 e. The quantitative estimate of drug-likeness (QED) is 0.412. The molecule has 0 saturated carbocycles. The molecule has 0 aliphatic carbocycles. The van der Waals surface area contributed by atoms with E-state index in [2.05, 4.69) is 9.97 Å². The molecule has 3 aromatic rings. The van der Waals surface area contributed by atoms with Crippen LogP contribution in [0.5, 0.6) is 5.75 Å². The zero-order valence-corrected chi connectivity index (χ0v) is 19.7. The van der Waals surface area contributed by atoms with Gasteiger partial charge in [0, 0.05) is 0 Å². The predicted octanol–water partition coefficient (Wildman–Crippen LogP) is 3.80. The van der Waals surface area contributed by atoms with Gasteiger partial charge in [-0.05, 0) is 38.5 Å². The highest BCUT2D eigenvalue weighted by atomic mass is 32.1. The van der Waals surface area contributed by atoms with E-state index >= 15 is 0 Å². The Morgan fingerprint density at radius 3 is 2.21 bits per heavy atom. The van der Waals surface area contributed by atoms with Crippen LogP contribution >= 0.6 is 22.7 Å². The van der Waals surface area contributed by atoms with Gasteiger partial charge in [-0.25, -0.2) is 14.8 Å². The number of methoxy groups -OCH3 is 1. The summed E-state index contributed by atoms with van der Waals surface area (Å²) in [5.41, 5.74) is 1.20. The Morgan fingerprint density at radius 2 is 1.64 bits per heavy atom. The second-order valence-corrected chi connectivity index (χ2v) is 9.49. The minimum atomic E-state index is -1.02. The maximum absolute atomic E-state index is 13.5. The number of phenolic OH excluding ortho intramolecular Hbond substituents is 1. The highest BCUT2D eigenvalue weighted by Gasteiger charge is 2.46. The summed E-state index contributed by atoms with van der Waals surface area (Å²) in [6.07, 6.45) is 0. The molecule has 0 bridgehead atoms. The van der Waals surface area contributed by atoms with E-state index in [1.54, 1.807) is 32.9 Å². The number of rotatable bonds is 5. The van der Waals surface area contributed by atoms with Crippen molar-refractivity contribution in [1.82, 2.24) is 9.97 Å². The number of Topliss-reactive ketones (excluding diaryl/α,β-unsaturated/α-hetero) is 1. The van der Waals surface area contributed by atoms with Crippen molar-refractivity contribution in [2.75, 3.05) is 12.0 Å². The SMILES string of the molecule is COC(=O)c1sc(N2C(=O)C(O)=C(C(=O)c3sc(C)nc3C)C2c2ccc(O)cc2)nc1C. The van der Waals surface area contributed by atoms with Crippen molar-refractivity contribution in [3.63, 3.8) is 0 Å². The number of esters is 1. The third kappa shape index (κ3) is 3.79. The topological polar surface area (TPSA) is 130 Å². The lowest BCUT2D eigenvalue weighted by molar-refractivity contribution is -0.117. The van der Waals surface area contributed by atoms with E-state index in [9.17, 15) is 24.6 Å². The standard InChI is InChI=1S/C22H19N3O6S2/c1-9-18(32-11(3)23-9)16(27)14-15(12-5-7-13(26)8-6-12)25(20(29)17(14)28)22-24-10(2)19(33-22)21(30)31-4/h5-8,15,26,28H,1-4H3. The molecule has 1 atom stereocenters. The van der Waals surface area contributed by atoms with Gasteiger partial charge in [0.1, 0.15) is 10.6 Å². The van der Waals surface area contributed by atoms with E-state index < -0.39 is 29.5 Å². The molecular formula is C22H19N3O6S2. The number of thiazole rings is 2. The zero-order chi connectivity index (χ0) is 24.0. The molecule has 1 aromatic carbocycles. The average molecular weight is 486 g/mol. The summed E-state index contributed by atoms with van der Waals surface area (Å²) in [6, 6.07) is 4.93. The maximum atomic E-state index is 13.5. The normalized spacial score (nSPS) is 15.9. The number of aryl methyl sites for hydroxylation is 3. The van der Waals surface area contributed by atoms with Gasteiger partial charge in [-0.15, -0.1) is 11.3 Å². The number of aliphatic hydroxyl groups excluding tert-OH is 1. The number of ketones is 1. The predicted molar refractivity (Wildman–Crippen MR) is 122 cm³/mol. The fraction of sp³-hybridized carbons (Fsp3) is 0.227. The second-order valence-electron chi connectivity index (χ2n) is 7.31. The largest absolute Gasteiger partial charge is 0.508 e. The summed E-state index contributed by atoms with van der Waals surface area (Å²) in [6.45, 7) is 5.05. The Kier molecular flexibility index (Phi) is 5.76. The van der Waals surface area contributed by atoms with Crippen LogP contribution in [0.25, 0.3) is 0 Å². The lowest BCUT2D eigenvalue weighted by Gasteiger charge is -2.24. The first-order valence-electron chi connectivity index (χ1n) is 9.74. The van der Waals surface area contributed by atoms with Crippen LogP contribution in [-0.4, -0.2) is 45.0 Å². The minimum absolute atomic E-state index is 0.00250. The maximum Gasteiger partial charge on any atom is 0.350 e. The lowest BCUT2D eigenvalue weighted by Crippen LogP contribution is -2.31. The van der Waals surface area contributed by atoms with Gasteiger partial charge in [0.25, 0.3) is 5.91 Å². The summed E-state index contributed by atoms with van der Waals surface area (Å²) in [5.74, 6) is -2.64. The number of aromatic nitrogens is 2. The van der Waals surface area contributed by atoms with Crippen molar-refractivity contribution < 1.29 is 29.3 Å². The molecule has 0 radical (unpaired) electrons. The van der Waals surface area contributed by atoms with Crippen molar-refractivity contribution in [2.24, 2.45) is 0 Å². The Hall–Kier alpha value is -3.57. The molecular weight excluding hydrogens is 466 g/mol. The van der Waals surface area contributed by atoms with Crippen LogP contribution < -0.4 is 4.90 Å². The van der Waals surface area contributed by atoms with Crippen LogP contribution in [0.15, 0.2) is 35.6 Å². The van der Waals surface area contributed by atoms with E-state index in [-0.39, 0.29) is 21.3 Å². The fourth-order valence-electron chi connectivity index (χ4n) is 3.64. The van der Waals surface area contributed by atoms with Gasteiger partial charge in [0.2, 0.25) is 5.78 Å². The smallest absolute Gasteiger partial charge is 0.350 e. The second kappa shape index (κ2) is 8.41. The van der Waals surface area contributed by atoms with Crippen LogP contribution in [0.4, 0.5) is 5.13 Å². The van der Waals surface area contributed by atoms with Crippen molar-refractivity contribution in [2.45, 2.75) is 26.8 Å². The van der Waals surface area contributed by atoms with Crippen LogP contribution in [-0.2, 0) is 9.53 Å². The molecule has 11 heteroatoms. The van der Waals surface area contributed by atoms with E-state index in [1.165, 1.54) is 35.5 Å². The molecule has 9 nitrogen and oxygen atoms in total. The fourth-order valence-corrected chi connectivity index (χ4v) is 5.52. The van der Waals surface area contributed by atoms with Crippen molar-refractivity contribution in [3.05, 3.63) is 67.3 Å². The molecule has 1 aliphatic heterocycles. The van der Waals surface area contributed by atoms with Gasteiger partial charge in [0.15, 0.2) is 10.9 Å². The molecule has 33 heavy (non-hydrogen) atoms. The van der Waals surface area contributed by atoms with Crippen molar-refractivity contribution in [1.29, 1.82) is 0 Å². The van der Waals surface area contributed by atoms with E-state index in [0.29, 0.717) is 26.8 Å². The molecule has 1 aliphatic rings. The monoisotopic (exact) mass is 485 g/mol. The Labute approximate surface area is 196 Å². The molecule has 3 heterocycles. The highest BCUT2D eigenvalue weighted by Crippen LogP contribution is 2.44.